The Hall–Kier alpha value is -1.39. The van der Waals surface area contributed by atoms with E-state index in [0.29, 0.717) is 0 Å². The number of fused-ring (bicyclic) bond motifs is 1. The van der Waals surface area contributed by atoms with E-state index < -0.39 is 0 Å². The quantitative estimate of drug-likeness (QED) is 0.831. The average Bonchev–Trinajstić information content (AvgIpc) is 2.95. The number of hydrogen-bond acceptors (Lipinski definition) is 3. The minimum atomic E-state index is -0.0942. The van der Waals surface area contributed by atoms with E-state index in [4.69, 9.17) is 0 Å². The normalized spacial score (nSPS) is 20.2. The summed E-state index contributed by atoms with van der Waals surface area (Å²) < 4.78 is 3.15. The number of ketones is 1. The van der Waals surface area contributed by atoms with Crippen LogP contribution in [-0.4, -0.2) is 20.1 Å². The highest BCUT2D eigenvalue weighted by Crippen LogP contribution is 2.25. The summed E-state index contributed by atoms with van der Waals surface area (Å²) in [5, 5.41) is 4.37. The number of carbonyl (C=O) groups excluding carboxylic acids is 1. The number of rotatable bonds is 3. The molecule has 19 heavy (non-hydrogen) atoms. The molecule has 0 saturated heterocycles. The second-order valence-electron chi connectivity index (χ2n) is 5.77. The maximum absolute atomic E-state index is 12.2. The maximum atomic E-state index is 12.2. The van der Waals surface area contributed by atoms with Crippen molar-refractivity contribution in [1.82, 2.24) is 14.3 Å². The standard InChI is InChI=1S/C14H21N3O2/c18-12(11-6-3-4-7-11)10-17-14(19)16-9-5-1-2-8-13(16)15-17/h11H,1-10H2. The van der Waals surface area contributed by atoms with Gasteiger partial charge in [0.2, 0.25) is 0 Å². The molecule has 1 aliphatic heterocycles. The Balaban J connectivity index is 1.78. The van der Waals surface area contributed by atoms with Gasteiger partial charge in [0.15, 0.2) is 5.78 Å². The maximum Gasteiger partial charge on any atom is 0.346 e. The number of nitrogens with zero attached hydrogens (tertiary/aromatic N) is 3. The van der Waals surface area contributed by atoms with Crippen LogP contribution < -0.4 is 5.69 Å². The van der Waals surface area contributed by atoms with Crippen molar-refractivity contribution in [2.24, 2.45) is 5.92 Å². The Morgan fingerprint density at radius 1 is 1.16 bits per heavy atom. The van der Waals surface area contributed by atoms with E-state index >= 15 is 0 Å². The van der Waals surface area contributed by atoms with Gasteiger partial charge in [-0.2, -0.15) is 5.10 Å². The Morgan fingerprint density at radius 3 is 2.74 bits per heavy atom. The van der Waals surface area contributed by atoms with Crippen molar-refractivity contribution < 1.29 is 4.79 Å². The third-order valence-electron chi connectivity index (χ3n) is 4.40. The van der Waals surface area contributed by atoms with Crippen LogP contribution in [0.4, 0.5) is 0 Å². The highest BCUT2D eigenvalue weighted by atomic mass is 16.2. The molecule has 0 N–H and O–H groups in total. The van der Waals surface area contributed by atoms with Crippen molar-refractivity contribution >= 4 is 5.78 Å². The number of aryl methyl sites for hydroxylation is 1. The Morgan fingerprint density at radius 2 is 1.95 bits per heavy atom. The van der Waals surface area contributed by atoms with Crippen molar-refractivity contribution in [2.45, 2.75) is 64.5 Å². The van der Waals surface area contributed by atoms with Gasteiger partial charge in [-0.3, -0.25) is 9.36 Å². The first kappa shape index (κ1) is 12.6. The van der Waals surface area contributed by atoms with E-state index in [1.807, 2.05) is 0 Å². The third kappa shape index (κ3) is 2.51. The topological polar surface area (TPSA) is 56.9 Å². The van der Waals surface area contributed by atoms with Crippen LogP contribution in [-0.2, 0) is 24.3 Å². The molecule has 2 aliphatic rings. The van der Waals surface area contributed by atoms with Crippen molar-refractivity contribution in [3.05, 3.63) is 16.3 Å². The van der Waals surface area contributed by atoms with E-state index in [-0.39, 0.29) is 23.9 Å². The lowest BCUT2D eigenvalue weighted by molar-refractivity contribution is -0.123. The van der Waals surface area contributed by atoms with Gasteiger partial charge in [0.25, 0.3) is 0 Å². The van der Waals surface area contributed by atoms with E-state index in [1.54, 1.807) is 4.57 Å². The van der Waals surface area contributed by atoms with E-state index in [1.165, 1.54) is 4.68 Å². The molecule has 104 valence electrons. The smallest absolute Gasteiger partial charge is 0.297 e. The lowest BCUT2D eigenvalue weighted by atomic mass is 10.0. The van der Waals surface area contributed by atoms with Crippen LogP contribution in [0.3, 0.4) is 0 Å². The Kier molecular flexibility index (Phi) is 3.53. The van der Waals surface area contributed by atoms with E-state index in [9.17, 15) is 9.59 Å². The second-order valence-corrected chi connectivity index (χ2v) is 5.77. The van der Waals surface area contributed by atoms with E-state index in [0.717, 1.165) is 63.7 Å². The first-order valence-electron chi connectivity index (χ1n) is 7.45. The number of aromatic nitrogens is 3. The molecular formula is C14H21N3O2. The van der Waals surface area contributed by atoms with Crippen molar-refractivity contribution in [2.75, 3.05) is 0 Å². The molecule has 1 aliphatic carbocycles. The Labute approximate surface area is 112 Å². The van der Waals surface area contributed by atoms with Crippen LogP contribution >= 0.6 is 0 Å². The molecular weight excluding hydrogens is 242 g/mol. The van der Waals surface area contributed by atoms with Crippen LogP contribution in [0.2, 0.25) is 0 Å². The van der Waals surface area contributed by atoms with Crippen LogP contribution in [0.25, 0.3) is 0 Å². The third-order valence-corrected chi connectivity index (χ3v) is 4.40. The predicted octanol–water partition coefficient (Wildman–Crippen LogP) is 1.53. The van der Waals surface area contributed by atoms with Gasteiger partial charge in [-0.1, -0.05) is 19.3 Å². The first-order chi connectivity index (χ1) is 9.25. The second kappa shape index (κ2) is 5.31. The minimum absolute atomic E-state index is 0.0942. The zero-order valence-corrected chi connectivity index (χ0v) is 11.3. The lowest BCUT2D eigenvalue weighted by Crippen LogP contribution is -2.29. The first-order valence-corrected chi connectivity index (χ1v) is 7.45. The molecule has 0 bridgehead atoms. The van der Waals surface area contributed by atoms with Crippen LogP contribution in [0.5, 0.6) is 0 Å². The molecule has 3 rings (SSSR count). The fourth-order valence-corrected chi connectivity index (χ4v) is 3.25. The molecule has 1 aromatic heterocycles. The Bertz CT molecular complexity index is 523. The molecule has 2 heterocycles. The van der Waals surface area contributed by atoms with Crippen molar-refractivity contribution in [1.29, 1.82) is 0 Å². The van der Waals surface area contributed by atoms with Crippen LogP contribution in [0, 0.1) is 5.92 Å². The average molecular weight is 263 g/mol. The van der Waals surface area contributed by atoms with Gasteiger partial charge >= 0.3 is 5.69 Å². The fraction of sp³-hybridized carbons (Fsp3) is 0.786. The van der Waals surface area contributed by atoms with Gasteiger partial charge in [-0.25, -0.2) is 9.48 Å². The van der Waals surface area contributed by atoms with Crippen molar-refractivity contribution in [3.8, 4) is 0 Å². The molecule has 0 amide bonds. The van der Waals surface area contributed by atoms with Crippen molar-refractivity contribution in [3.63, 3.8) is 0 Å². The highest BCUT2D eigenvalue weighted by molar-refractivity contribution is 5.80. The SMILES string of the molecule is O=C(Cn1nc2n(c1=O)CCCCC2)C1CCCC1. The van der Waals surface area contributed by atoms with Gasteiger partial charge in [-0.15, -0.1) is 0 Å². The lowest BCUT2D eigenvalue weighted by Gasteiger charge is -2.06. The summed E-state index contributed by atoms with van der Waals surface area (Å²) in [4.78, 5) is 24.4. The zero-order chi connectivity index (χ0) is 13.2. The molecule has 0 radical (unpaired) electrons. The van der Waals surface area contributed by atoms with Gasteiger partial charge in [0, 0.05) is 18.9 Å². The molecule has 1 saturated carbocycles. The summed E-state index contributed by atoms with van der Waals surface area (Å²) in [5.41, 5.74) is -0.0942. The highest BCUT2D eigenvalue weighted by Gasteiger charge is 2.24. The van der Waals surface area contributed by atoms with Gasteiger partial charge in [-0.05, 0) is 25.7 Å². The minimum Gasteiger partial charge on any atom is -0.297 e. The summed E-state index contributed by atoms with van der Waals surface area (Å²) >= 11 is 0. The van der Waals surface area contributed by atoms with Gasteiger partial charge < -0.3 is 0 Å². The van der Waals surface area contributed by atoms with Crippen LogP contribution in [0.1, 0.15) is 50.8 Å². The van der Waals surface area contributed by atoms with Gasteiger partial charge in [0.05, 0.1) is 0 Å². The zero-order valence-electron chi connectivity index (χ0n) is 11.3. The molecule has 0 aromatic carbocycles. The molecule has 5 heteroatoms. The number of carbonyl (C=O) groups is 1. The number of hydrogen-bond donors (Lipinski definition) is 0. The molecule has 0 spiro atoms. The molecule has 5 nitrogen and oxygen atoms in total. The van der Waals surface area contributed by atoms with E-state index in [2.05, 4.69) is 5.10 Å². The monoisotopic (exact) mass is 263 g/mol. The summed E-state index contributed by atoms with van der Waals surface area (Å²) in [7, 11) is 0. The summed E-state index contributed by atoms with van der Waals surface area (Å²) in [5.74, 6) is 1.21. The predicted molar refractivity (Wildman–Crippen MR) is 71.0 cm³/mol. The molecule has 0 unspecified atom stereocenters. The summed E-state index contributed by atoms with van der Waals surface area (Å²) in [6, 6.07) is 0. The number of Topliss-reactive ketones (excluding diaryl/α,β-unsaturated/α-hetero) is 1. The molecule has 1 aromatic rings. The summed E-state index contributed by atoms with van der Waals surface area (Å²) in [6.07, 6.45) is 8.41. The molecule has 0 atom stereocenters. The molecule has 1 fully saturated rings. The van der Waals surface area contributed by atoms with Crippen LogP contribution in [0.15, 0.2) is 4.79 Å². The summed E-state index contributed by atoms with van der Waals surface area (Å²) in [6.45, 7) is 0.926. The largest absolute Gasteiger partial charge is 0.346 e. The fourth-order valence-electron chi connectivity index (χ4n) is 3.25. The van der Waals surface area contributed by atoms with Gasteiger partial charge in [0.1, 0.15) is 12.4 Å².